The molecule has 1 amide bonds. The van der Waals surface area contributed by atoms with Crippen LogP contribution in [0.15, 0.2) is 54.9 Å². The normalized spacial score (nSPS) is 11.0. The number of carbonyl (C=O) groups is 1. The Hall–Kier alpha value is -3.48. The third-order valence-electron chi connectivity index (χ3n) is 4.17. The Bertz CT molecular complexity index is 1080. The lowest BCUT2D eigenvalue weighted by atomic mass is 10.1. The van der Waals surface area contributed by atoms with E-state index < -0.39 is 0 Å². The van der Waals surface area contributed by atoms with Crippen molar-refractivity contribution in [2.24, 2.45) is 0 Å². The van der Waals surface area contributed by atoms with Gasteiger partial charge in [0.1, 0.15) is 0 Å². The molecule has 4 aromatic rings. The zero-order chi connectivity index (χ0) is 18.1. The molecule has 0 aliphatic heterocycles. The molecule has 3 heterocycles. The first-order valence-electron chi connectivity index (χ1n) is 8.30. The van der Waals surface area contributed by atoms with E-state index in [-0.39, 0.29) is 5.91 Å². The molecule has 0 unspecified atom stereocenters. The van der Waals surface area contributed by atoms with E-state index in [1.165, 1.54) is 0 Å². The van der Waals surface area contributed by atoms with E-state index >= 15 is 0 Å². The van der Waals surface area contributed by atoms with Gasteiger partial charge in [0.15, 0.2) is 11.5 Å². The van der Waals surface area contributed by atoms with E-state index in [1.54, 1.807) is 23.0 Å². The summed E-state index contributed by atoms with van der Waals surface area (Å²) in [5.41, 5.74) is 4.46. The predicted molar refractivity (Wildman–Crippen MR) is 98.2 cm³/mol. The number of fused-ring (bicyclic) bond motifs is 1. The lowest BCUT2D eigenvalue weighted by Gasteiger charge is -2.07. The van der Waals surface area contributed by atoms with Crippen molar-refractivity contribution in [3.8, 4) is 0 Å². The molecule has 0 aliphatic rings. The second-order valence-corrected chi connectivity index (χ2v) is 6.17. The maximum atomic E-state index is 12.5. The van der Waals surface area contributed by atoms with Crippen LogP contribution in [0.4, 0.5) is 5.82 Å². The van der Waals surface area contributed by atoms with Crippen molar-refractivity contribution in [3.05, 3.63) is 77.4 Å². The van der Waals surface area contributed by atoms with Gasteiger partial charge in [-0.2, -0.15) is 14.7 Å². The van der Waals surface area contributed by atoms with Crippen molar-refractivity contribution in [1.29, 1.82) is 0 Å². The number of hydrogen-bond acceptors (Lipinski definition) is 4. The molecule has 1 aromatic carbocycles. The third-order valence-corrected chi connectivity index (χ3v) is 4.17. The fourth-order valence-electron chi connectivity index (χ4n) is 2.87. The van der Waals surface area contributed by atoms with Crippen LogP contribution in [0.5, 0.6) is 0 Å². The third kappa shape index (κ3) is 3.06. The van der Waals surface area contributed by atoms with Gasteiger partial charge in [0.2, 0.25) is 0 Å². The summed E-state index contributed by atoms with van der Waals surface area (Å²) in [5, 5.41) is 11.5. The van der Waals surface area contributed by atoms with Gasteiger partial charge in [0.05, 0.1) is 18.4 Å². The summed E-state index contributed by atoms with van der Waals surface area (Å²) in [5.74, 6) is 0.340. The van der Waals surface area contributed by atoms with E-state index in [4.69, 9.17) is 0 Å². The maximum Gasteiger partial charge on any atom is 0.256 e. The Labute approximate surface area is 150 Å². The monoisotopic (exact) mass is 346 g/mol. The van der Waals surface area contributed by atoms with Crippen molar-refractivity contribution in [2.75, 3.05) is 5.32 Å². The molecular weight excluding hydrogens is 328 g/mol. The maximum absolute atomic E-state index is 12.5. The minimum Gasteiger partial charge on any atom is -0.305 e. The highest BCUT2D eigenvalue weighted by molar-refractivity contribution is 6.03. The first kappa shape index (κ1) is 16.0. The molecule has 0 radical (unpaired) electrons. The molecule has 3 aromatic heterocycles. The molecule has 7 heteroatoms. The number of hydrogen-bond donors (Lipinski definition) is 1. The molecule has 0 bridgehead atoms. The minimum absolute atomic E-state index is 0.199. The summed E-state index contributed by atoms with van der Waals surface area (Å²) >= 11 is 0. The quantitative estimate of drug-likeness (QED) is 0.616. The molecule has 0 aliphatic carbocycles. The van der Waals surface area contributed by atoms with Gasteiger partial charge in [0.25, 0.3) is 5.91 Å². The number of carbonyl (C=O) groups excluding carboxylic acids is 1. The first-order chi connectivity index (χ1) is 12.6. The molecule has 0 spiro atoms. The van der Waals surface area contributed by atoms with Crippen molar-refractivity contribution >= 4 is 17.4 Å². The Morgan fingerprint density at radius 1 is 1.15 bits per heavy atom. The number of aryl methyl sites for hydroxylation is 2. The van der Waals surface area contributed by atoms with Crippen LogP contribution in [0.1, 0.15) is 27.3 Å². The second kappa shape index (κ2) is 6.44. The molecule has 0 saturated heterocycles. The van der Waals surface area contributed by atoms with E-state index in [0.717, 1.165) is 17.0 Å². The number of aromatic nitrogens is 5. The van der Waals surface area contributed by atoms with E-state index in [2.05, 4.69) is 20.5 Å². The van der Waals surface area contributed by atoms with E-state index in [9.17, 15) is 4.79 Å². The Balaban J connectivity index is 1.49. The smallest absolute Gasteiger partial charge is 0.256 e. The topological polar surface area (TPSA) is 77.1 Å². The van der Waals surface area contributed by atoms with Crippen molar-refractivity contribution < 1.29 is 4.79 Å². The Morgan fingerprint density at radius 2 is 1.96 bits per heavy atom. The summed E-state index contributed by atoms with van der Waals surface area (Å²) in [6, 6.07) is 13.2. The molecule has 0 saturated carbocycles. The molecule has 4 rings (SSSR count). The summed E-state index contributed by atoms with van der Waals surface area (Å²) in [7, 11) is 0. The van der Waals surface area contributed by atoms with Crippen molar-refractivity contribution in [2.45, 2.75) is 20.4 Å². The van der Waals surface area contributed by atoms with Crippen LogP contribution in [-0.4, -0.2) is 30.3 Å². The average Bonchev–Trinajstić information content (AvgIpc) is 3.18. The van der Waals surface area contributed by atoms with Crippen molar-refractivity contribution in [1.82, 2.24) is 24.4 Å². The van der Waals surface area contributed by atoms with Gasteiger partial charge in [-0.3, -0.25) is 9.48 Å². The summed E-state index contributed by atoms with van der Waals surface area (Å²) in [6.45, 7) is 4.69. The highest BCUT2D eigenvalue weighted by Gasteiger charge is 2.10. The second-order valence-electron chi connectivity index (χ2n) is 6.17. The highest BCUT2D eigenvalue weighted by atomic mass is 16.1. The van der Waals surface area contributed by atoms with Crippen LogP contribution >= 0.6 is 0 Å². The summed E-state index contributed by atoms with van der Waals surface area (Å²) in [6.07, 6.45) is 3.25. The fourth-order valence-corrected chi connectivity index (χ4v) is 2.87. The Morgan fingerprint density at radius 3 is 2.69 bits per heavy atom. The summed E-state index contributed by atoms with van der Waals surface area (Å²) in [4.78, 5) is 16.7. The van der Waals surface area contributed by atoms with Gasteiger partial charge in [-0.25, -0.2) is 4.98 Å². The molecule has 1 N–H and O–H groups in total. The lowest BCUT2D eigenvalue weighted by Crippen LogP contribution is -2.14. The number of amides is 1. The van der Waals surface area contributed by atoms with Crippen LogP contribution < -0.4 is 5.32 Å². The van der Waals surface area contributed by atoms with Gasteiger partial charge in [-0.1, -0.05) is 12.1 Å². The first-order valence-corrected chi connectivity index (χ1v) is 8.30. The fraction of sp³-hybridized carbons (Fsp3) is 0.158. The van der Waals surface area contributed by atoms with Gasteiger partial charge in [-0.15, -0.1) is 0 Å². The van der Waals surface area contributed by atoms with E-state index in [1.807, 2.05) is 54.9 Å². The number of rotatable bonds is 4. The predicted octanol–water partition coefficient (Wildman–Crippen LogP) is 2.84. The molecule has 130 valence electrons. The zero-order valence-corrected chi connectivity index (χ0v) is 14.5. The molecule has 7 nitrogen and oxygen atoms in total. The SMILES string of the molecule is Cc1cc(C)n(Cc2ccc(C(=O)Nc3cnc4cccnn34)cc2)n1. The number of nitrogens with zero attached hydrogens (tertiary/aromatic N) is 5. The van der Waals surface area contributed by atoms with Gasteiger partial charge < -0.3 is 5.32 Å². The largest absolute Gasteiger partial charge is 0.305 e. The molecular formula is C19H18N6O. The van der Waals surface area contributed by atoms with E-state index in [0.29, 0.717) is 23.6 Å². The van der Waals surface area contributed by atoms with Crippen molar-refractivity contribution in [3.63, 3.8) is 0 Å². The molecule has 0 atom stereocenters. The molecule has 26 heavy (non-hydrogen) atoms. The Kier molecular flexibility index (Phi) is 3.96. The van der Waals surface area contributed by atoms with Crippen LogP contribution in [0.2, 0.25) is 0 Å². The van der Waals surface area contributed by atoms with Crippen LogP contribution in [0, 0.1) is 13.8 Å². The standard InChI is InChI=1S/C19H18N6O/c1-13-10-14(2)24(23-13)12-15-5-7-16(8-6-15)19(26)22-18-11-20-17-4-3-9-21-25(17)18/h3-11H,12H2,1-2H3,(H,22,26). The number of anilines is 1. The molecule has 0 fully saturated rings. The minimum atomic E-state index is -0.199. The number of nitrogens with one attached hydrogen (secondary N) is 1. The van der Waals surface area contributed by atoms with Crippen LogP contribution in [0.25, 0.3) is 5.65 Å². The van der Waals surface area contributed by atoms with Gasteiger partial charge in [-0.05, 0) is 49.7 Å². The van der Waals surface area contributed by atoms with Crippen LogP contribution in [-0.2, 0) is 6.54 Å². The summed E-state index contributed by atoms with van der Waals surface area (Å²) < 4.78 is 3.55. The van der Waals surface area contributed by atoms with Gasteiger partial charge in [0, 0.05) is 17.5 Å². The highest BCUT2D eigenvalue weighted by Crippen LogP contribution is 2.13. The number of benzene rings is 1. The average molecular weight is 346 g/mol. The zero-order valence-electron chi connectivity index (χ0n) is 14.5. The van der Waals surface area contributed by atoms with Gasteiger partial charge >= 0.3 is 0 Å². The van der Waals surface area contributed by atoms with Crippen LogP contribution in [0.3, 0.4) is 0 Å². The lowest BCUT2D eigenvalue weighted by molar-refractivity contribution is 0.102. The number of imidazole rings is 1.